The van der Waals surface area contributed by atoms with Gasteiger partial charge < -0.3 is 23.7 Å². The minimum absolute atomic E-state index is 0.0798. The van der Waals surface area contributed by atoms with E-state index in [2.05, 4.69) is 28.4 Å². The molecule has 0 amide bonds. The van der Waals surface area contributed by atoms with Crippen LogP contribution in [0.4, 0.5) is 74.1 Å². The fourth-order valence-electron chi connectivity index (χ4n) is 2.78. The summed E-state index contributed by atoms with van der Waals surface area (Å²) in [6, 6.07) is 0. The molecule has 30 heteroatoms. The molecule has 0 radical (unpaired) electrons. The van der Waals surface area contributed by atoms with Gasteiger partial charge >= 0.3 is 63.4 Å². The number of hydrogen-bond acceptors (Lipinski definition) is 11. The maximum Gasteiger partial charge on any atom is 0.460 e. The largest absolute Gasteiger partial charge is 0.460 e. The third kappa shape index (κ3) is 12.4. The molecule has 1 aliphatic heterocycles. The Morgan fingerprint density at radius 1 is 0.809 bits per heavy atom. The first-order chi connectivity index (χ1) is 20.6. The Kier molecular flexibility index (Phi) is 14.1. The number of halogens is 17. The van der Waals surface area contributed by atoms with Crippen LogP contribution in [0.2, 0.25) is 0 Å². The lowest BCUT2D eigenvalue weighted by atomic mass is 10.1. The molecular formula is C17H15F17O11S2. The highest BCUT2D eigenvalue weighted by Crippen LogP contribution is 2.49. The van der Waals surface area contributed by atoms with Crippen LogP contribution in [0.5, 0.6) is 0 Å². The zero-order valence-electron chi connectivity index (χ0n) is 22.0. The van der Waals surface area contributed by atoms with Gasteiger partial charge in [-0.2, -0.15) is 73.9 Å². The first-order valence-electron chi connectivity index (χ1n) is 10.8. The third-order valence-electron chi connectivity index (χ3n) is 4.64. The van der Waals surface area contributed by atoms with E-state index in [1.807, 2.05) is 0 Å². The normalized spacial score (nSPS) is 25.8. The molecule has 1 fully saturated rings. The smallest absolute Gasteiger partial charge is 0.455 e. The number of esters is 1. The molecule has 280 valence electrons. The van der Waals surface area contributed by atoms with Crippen molar-refractivity contribution in [2.24, 2.45) is 0 Å². The maximum absolute atomic E-state index is 15.4. The Hall–Kier alpha value is -2.15. The summed E-state index contributed by atoms with van der Waals surface area (Å²) in [6.07, 6.45) is -27.7. The van der Waals surface area contributed by atoms with Crippen LogP contribution in [0.25, 0.3) is 0 Å². The van der Waals surface area contributed by atoms with Gasteiger partial charge in [0.05, 0.1) is 0 Å². The fraction of sp³-hybridized carbons (Fsp3) is 0.941. The van der Waals surface area contributed by atoms with Crippen molar-refractivity contribution in [2.75, 3.05) is 33.1 Å². The van der Waals surface area contributed by atoms with Crippen molar-refractivity contribution in [3.05, 3.63) is 0 Å². The topological polar surface area (TPSA) is 141 Å². The van der Waals surface area contributed by atoms with Crippen LogP contribution in [0.15, 0.2) is 0 Å². The molecule has 4 atom stereocenters. The number of rotatable bonds is 15. The fourth-order valence-corrected chi connectivity index (χ4v) is 3.00. The Labute approximate surface area is 252 Å². The van der Waals surface area contributed by atoms with Gasteiger partial charge in [-0.15, -0.1) is 0 Å². The van der Waals surface area contributed by atoms with E-state index in [1.165, 1.54) is 0 Å². The van der Waals surface area contributed by atoms with E-state index in [0.717, 1.165) is 0 Å². The predicted octanol–water partition coefficient (Wildman–Crippen LogP) is 4.23. The van der Waals surface area contributed by atoms with Crippen molar-refractivity contribution in [1.29, 1.82) is 0 Å². The van der Waals surface area contributed by atoms with Gasteiger partial charge in [-0.05, 0) is 6.92 Å². The van der Waals surface area contributed by atoms with Gasteiger partial charge in [0.1, 0.15) is 32.8 Å². The van der Waals surface area contributed by atoms with Crippen LogP contribution in [0.3, 0.4) is 0 Å². The van der Waals surface area contributed by atoms with Gasteiger partial charge in [-0.25, -0.2) is 18.0 Å². The molecular weight excluding hydrogens is 767 g/mol. The van der Waals surface area contributed by atoms with Crippen LogP contribution >= 0.6 is 0 Å². The first-order valence-corrected chi connectivity index (χ1v) is 12.9. The second kappa shape index (κ2) is 14.8. The van der Waals surface area contributed by atoms with E-state index in [9.17, 15) is 78.6 Å². The molecule has 47 heavy (non-hydrogen) atoms. The SMILES string of the molecule is CC1(COC(=O)C(F)(OC(F)(F)CC(F)(F)F)C(F)(F)F)OC(F)(COCC(F)(F)S(=O)(=O)F)C(F)(COC(F)(F)CF)O1.O=S=O. The Morgan fingerprint density at radius 2 is 1.26 bits per heavy atom. The molecule has 4 unspecified atom stereocenters. The summed E-state index contributed by atoms with van der Waals surface area (Å²) in [5.74, 6) is -23.2. The van der Waals surface area contributed by atoms with E-state index in [0.29, 0.717) is 0 Å². The number of hydrogen-bond donors (Lipinski definition) is 0. The van der Waals surface area contributed by atoms with Gasteiger partial charge in [0, 0.05) is 0 Å². The molecule has 0 aromatic carbocycles. The molecule has 1 heterocycles. The molecule has 0 aromatic rings. The monoisotopic (exact) mass is 782 g/mol. The molecule has 1 rings (SSSR count). The van der Waals surface area contributed by atoms with Crippen molar-refractivity contribution in [2.45, 2.75) is 66.5 Å². The van der Waals surface area contributed by atoms with Crippen molar-refractivity contribution < 1.29 is 124 Å². The lowest BCUT2D eigenvalue weighted by Gasteiger charge is -2.31. The summed E-state index contributed by atoms with van der Waals surface area (Å²) >= 11 is -0.750. The summed E-state index contributed by atoms with van der Waals surface area (Å²) in [5, 5.41) is -5.49. The summed E-state index contributed by atoms with van der Waals surface area (Å²) in [5.41, 5.74) is 0. The summed E-state index contributed by atoms with van der Waals surface area (Å²) in [6.45, 7) is -12.7. The summed E-state index contributed by atoms with van der Waals surface area (Å²) in [4.78, 5) is 11.7. The van der Waals surface area contributed by atoms with Crippen molar-refractivity contribution in [3.63, 3.8) is 0 Å². The highest BCUT2D eigenvalue weighted by molar-refractivity contribution is 7.87. The molecule has 11 nitrogen and oxygen atoms in total. The second-order valence-corrected chi connectivity index (χ2v) is 10.3. The van der Waals surface area contributed by atoms with E-state index in [1.54, 1.807) is 0 Å². The van der Waals surface area contributed by atoms with Crippen LogP contribution < -0.4 is 0 Å². The highest BCUT2D eigenvalue weighted by atomic mass is 32.3. The second-order valence-electron chi connectivity index (χ2n) is 8.69. The lowest BCUT2D eigenvalue weighted by Crippen LogP contribution is -2.56. The van der Waals surface area contributed by atoms with Crippen LogP contribution in [0, 0.1) is 0 Å². The third-order valence-corrected chi connectivity index (χ3v) is 5.47. The molecule has 1 aliphatic rings. The summed E-state index contributed by atoms with van der Waals surface area (Å²) in [7, 11) is -6.79. The Balaban J connectivity index is 0.00000677. The molecule has 0 spiro atoms. The van der Waals surface area contributed by atoms with Gasteiger partial charge in [0.2, 0.25) is 5.79 Å². The van der Waals surface area contributed by atoms with E-state index in [4.69, 9.17) is 8.42 Å². The number of ether oxygens (including phenoxy) is 6. The quantitative estimate of drug-likeness (QED) is 0.134. The first kappa shape index (κ1) is 44.9. The van der Waals surface area contributed by atoms with Gasteiger partial charge in [-0.1, -0.05) is 3.89 Å². The van der Waals surface area contributed by atoms with Gasteiger partial charge in [0.15, 0.2) is 6.67 Å². The molecule has 0 N–H and O–H groups in total. The van der Waals surface area contributed by atoms with Crippen molar-refractivity contribution >= 4 is 27.8 Å². The number of carbonyl (C=O) groups excluding carboxylic acids is 1. The molecule has 0 aromatic heterocycles. The lowest BCUT2D eigenvalue weighted by molar-refractivity contribution is -0.412. The van der Waals surface area contributed by atoms with E-state index in [-0.39, 0.29) is 6.92 Å². The van der Waals surface area contributed by atoms with E-state index >= 15 is 8.78 Å². The minimum atomic E-state index is -6.97. The minimum Gasteiger partial charge on any atom is -0.455 e. The average molecular weight is 782 g/mol. The molecule has 0 aliphatic carbocycles. The van der Waals surface area contributed by atoms with Crippen LogP contribution in [-0.2, 0) is 55.0 Å². The number of alkyl halides is 16. The average Bonchev–Trinajstić information content (AvgIpc) is 3.03. The zero-order valence-corrected chi connectivity index (χ0v) is 23.6. The van der Waals surface area contributed by atoms with E-state index < -0.39 is 120 Å². The van der Waals surface area contributed by atoms with Gasteiger partial charge in [0.25, 0.3) is 11.7 Å². The number of carbonyl (C=O) groups is 1. The van der Waals surface area contributed by atoms with Crippen LogP contribution in [-0.4, -0.2) is 109 Å². The molecule has 0 bridgehead atoms. The van der Waals surface area contributed by atoms with Gasteiger partial charge in [-0.3, -0.25) is 4.74 Å². The van der Waals surface area contributed by atoms with Crippen molar-refractivity contribution in [1.82, 2.24) is 0 Å². The Morgan fingerprint density at radius 3 is 1.64 bits per heavy atom. The Bertz CT molecular complexity index is 1230. The highest BCUT2D eigenvalue weighted by Gasteiger charge is 2.72. The predicted molar refractivity (Wildman–Crippen MR) is 107 cm³/mol. The molecule has 1 saturated heterocycles. The maximum atomic E-state index is 15.4. The van der Waals surface area contributed by atoms with Crippen LogP contribution in [0.1, 0.15) is 13.3 Å². The van der Waals surface area contributed by atoms with Crippen molar-refractivity contribution in [3.8, 4) is 0 Å². The summed E-state index contributed by atoms with van der Waals surface area (Å²) < 4.78 is 284. The zero-order chi connectivity index (χ0) is 37.8. The standard InChI is InChI=1S/C17H15F17O9S.O2S/c1-9(4-39-8(35)16(30,17(31,32)33)43-13(24,25)2-12(21,22)23)41-10(19,5-38-7-15(28,29)44(34,36)37)11(20,42-9)6-40-14(26,27)3-18;1-3-2/h2-7H2,1H3;. The molecule has 0 saturated carbocycles.